The van der Waals surface area contributed by atoms with Crippen molar-refractivity contribution in [3.05, 3.63) is 42.1 Å². The van der Waals surface area contributed by atoms with Crippen LogP contribution in [0.2, 0.25) is 0 Å². The minimum absolute atomic E-state index is 0.0605. The van der Waals surface area contributed by atoms with E-state index in [-0.39, 0.29) is 4.75 Å². The van der Waals surface area contributed by atoms with E-state index in [9.17, 15) is 4.21 Å². The van der Waals surface area contributed by atoms with Gasteiger partial charge < -0.3 is 0 Å². The molecule has 3 nitrogen and oxygen atoms in total. The number of nitrogens with zero attached hydrogens (tertiary/aromatic N) is 2. The Morgan fingerprint density at radius 3 is 2.95 bits per heavy atom. The third-order valence-corrected chi connectivity index (χ3v) is 6.36. The Balaban J connectivity index is 1.81. The molecule has 21 heavy (non-hydrogen) atoms. The molecule has 0 spiro atoms. The van der Waals surface area contributed by atoms with Crippen molar-refractivity contribution in [2.75, 3.05) is 18.8 Å². The first-order valence-corrected chi connectivity index (χ1v) is 8.82. The van der Waals surface area contributed by atoms with Gasteiger partial charge in [0.05, 0.1) is 5.52 Å². The van der Waals surface area contributed by atoms with Crippen molar-refractivity contribution in [2.45, 2.75) is 31.6 Å². The largest absolute Gasteiger partial charge is 0.298 e. The van der Waals surface area contributed by atoms with Crippen molar-refractivity contribution in [3.63, 3.8) is 0 Å². The molecule has 1 unspecified atom stereocenters. The van der Waals surface area contributed by atoms with Crippen molar-refractivity contribution >= 4 is 21.7 Å². The van der Waals surface area contributed by atoms with Gasteiger partial charge in [-0.2, -0.15) is 0 Å². The van der Waals surface area contributed by atoms with E-state index in [2.05, 4.69) is 48.0 Å². The molecule has 0 aliphatic carbocycles. The van der Waals surface area contributed by atoms with Crippen molar-refractivity contribution in [3.8, 4) is 0 Å². The second-order valence-corrected chi connectivity index (χ2v) is 8.53. The SMILES string of the molecule is CC1(C)CCN(Cc2cccc3ncccc23)CCS1=O. The summed E-state index contributed by atoms with van der Waals surface area (Å²) in [6.07, 6.45) is 2.83. The van der Waals surface area contributed by atoms with Crippen LogP contribution in [-0.4, -0.2) is 37.7 Å². The first-order chi connectivity index (χ1) is 10.1. The first-order valence-electron chi connectivity index (χ1n) is 7.50. The molecule has 0 amide bonds. The van der Waals surface area contributed by atoms with Gasteiger partial charge in [-0.15, -0.1) is 0 Å². The number of benzene rings is 1. The lowest BCUT2D eigenvalue weighted by Crippen LogP contribution is -2.28. The highest BCUT2D eigenvalue weighted by Crippen LogP contribution is 2.24. The maximum atomic E-state index is 12.2. The lowest BCUT2D eigenvalue weighted by Gasteiger charge is -2.22. The van der Waals surface area contributed by atoms with Crippen LogP contribution in [0, 0.1) is 0 Å². The molecule has 1 aliphatic heterocycles. The average molecular weight is 302 g/mol. The normalized spacial score (nSPS) is 23.0. The molecule has 0 bridgehead atoms. The van der Waals surface area contributed by atoms with Gasteiger partial charge in [-0.25, -0.2) is 0 Å². The molecule has 3 rings (SSSR count). The van der Waals surface area contributed by atoms with Crippen LogP contribution in [0.3, 0.4) is 0 Å². The second kappa shape index (κ2) is 5.85. The van der Waals surface area contributed by atoms with Crippen LogP contribution < -0.4 is 0 Å². The molecule has 2 heterocycles. The summed E-state index contributed by atoms with van der Waals surface area (Å²) < 4.78 is 12.2. The minimum Gasteiger partial charge on any atom is -0.298 e. The van der Waals surface area contributed by atoms with Gasteiger partial charge in [0.1, 0.15) is 0 Å². The summed E-state index contributed by atoms with van der Waals surface area (Å²) in [5.41, 5.74) is 2.36. The molecule has 112 valence electrons. The molecular formula is C17H22N2OS. The molecule has 1 aliphatic rings. The van der Waals surface area contributed by atoms with E-state index in [0.29, 0.717) is 0 Å². The molecule has 1 fully saturated rings. The fourth-order valence-electron chi connectivity index (χ4n) is 2.85. The zero-order valence-electron chi connectivity index (χ0n) is 12.7. The predicted molar refractivity (Wildman–Crippen MR) is 88.7 cm³/mol. The molecule has 4 heteroatoms. The van der Waals surface area contributed by atoms with Gasteiger partial charge in [0.25, 0.3) is 0 Å². The zero-order valence-corrected chi connectivity index (χ0v) is 13.5. The van der Waals surface area contributed by atoms with E-state index in [1.54, 1.807) is 0 Å². The van der Waals surface area contributed by atoms with Gasteiger partial charge in [0.15, 0.2) is 0 Å². The Labute approximate surface area is 128 Å². The van der Waals surface area contributed by atoms with Crippen molar-refractivity contribution in [2.24, 2.45) is 0 Å². The van der Waals surface area contributed by atoms with Crippen LogP contribution in [-0.2, 0) is 17.3 Å². The van der Waals surface area contributed by atoms with Gasteiger partial charge >= 0.3 is 0 Å². The summed E-state index contributed by atoms with van der Waals surface area (Å²) in [5, 5.41) is 1.23. The van der Waals surface area contributed by atoms with Crippen LogP contribution in [0.4, 0.5) is 0 Å². The lowest BCUT2D eigenvalue weighted by atomic mass is 10.1. The zero-order chi connectivity index (χ0) is 14.9. The Morgan fingerprint density at radius 2 is 2.10 bits per heavy atom. The van der Waals surface area contributed by atoms with E-state index in [4.69, 9.17) is 0 Å². The van der Waals surface area contributed by atoms with Gasteiger partial charge in [-0.3, -0.25) is 14.1 Å². The van der Waals surface area contributed by atoms with E-state index in [1.165, 1.54) is 10.9 Å². The van der Waals surface area contributed by atoms with E-state index < -0.39 is 10.8 Å². The molecule has 0 radical (unpaired) electrons. The fraction of sp³-hybridized carbons (Fsp3) is 0.471. The Bertz CT molecular complexity index is 663. The summed E-state index contributed by atoms with van der Waals surface area (Å²) in [6, 6.07) is 10.4. The predicted octanol–water partition coefficient (Wildman–Crippen LogP) is 2.97. The summed E-state index contributed by atoms with van der Waals surface area (Å²) in [6.45, 7) is 7.07. The number of fused-ring (bicyclic) bond motifs is 1. The Morgan fingerprint density at radius 1 is 1.24 bits per heavy atom. The molecule has 1 aromatic carbocycles. The van der Waals surface area contributed by atoms with Crippen molar-refractivity contribution in [1.82, 2.24) is 9.88 Å². The highest BCUT2D eigenvalue weighted by atomic mass is 32.2. The smallest absolute Gasteiger partial charge is 0.0705 e. The highest BCUT2D eigenvalue weighted by molar-refractivity contribution is 7.86. The number of rotatable bonds is 2. The monoisotopic (exact) mass is 302 g/mol. The summed E-state index contributed by atoms with van der Waals surface area (Å²) >= 11 is 0. The topological polar surface area (TPSA) is 33.2 Å². The number of hydrogen-bond acceptors (Lipinski definition) is 3. The summed E-state index contributed by atoms with van der Waals surface area (Å²) in [5.74, 6) is 0.774. The van der Waals surface area contributed by atoms with Crippen LogP contribution in [0.15, 0.2) is 36.5 Å². The summed E-state index contributed by atoms with van der Waals surface area (Å²) in [4.78, 5) is 6.85. The highest BCUT2D eigenvalue weighted by Gasteiger charge is 2.29. The van der Waals surface area contributed by atoms with Crippen LogP contribution >= 0.6 is 0 Å². The van der Waals surface area contributed by atoms with Gasteiger partial charge in [0, 0.05) is 46.0 Å². The third kappa shape index (κ3) is 3.16. The van der Waals surface area contributed by atoms with Gasteiger partial charge in [0.2, 0.25) is 0 Å². The summed E-state index contributed by atoms with van der Waals surface area (Å²) in [7, 11) is -0.728. The molecular weight excluding hydrogens is 280 g/mol. The fourth-order valence-corrected chi connectivity index (χ4v) is 4.14. The molecule has 1 saturated heterocycles. The van der Waals surface area contributed by atoms with Crippen LogP contribution in [0.25, 0.3) is 10.9 Å². The van der Waals surface area contributed by atoms with Crippen molar-refractivity contribution < 1.29 is 4.21 Å². The number of aromatic nitrogens is 1. The van der Waals surface area contributed by atoms with Gasteiger partial charge in [-0.05, 0) is 44.5 Å². The lowest BCUT2D eigenvalue weighted by molar-refractivity contribution is 0.277. The first kappa shape index (κ1) is 14.7. The average Bonchev–Trinajstić information content (AvgIpc) is 2.61. The van der Waals surface area contributed by atoms with E-state index >= 15 is 0 Å². The standard InChI is InChI=1S/C17H22N2OS/c1-17(2)8-10-19(11-12-21(17)20)13-14-5-3-7-16-15(14)6-4-9-18-16/h3-7,9H,8,10-13H2,1-2H3. The Hall–Kier alpha value is -1.26. The Kier molecular flexibility index (Phi) is 4.09. The van der Waals surface area contributed by atoms with Crippen LogP contribution in [0.5, 0.6) is 0 Å². The molecule has 2 aromatic rings. The quantitative estimate of drug-likeness (QED) is 0.855. The van der Waals surface area contributed by atoms with E-state index in [1.807, 2.05) is 12.3 Å². The maximum Gasteiger partial charge on any atom is 0.0705 e. The van der Waals surface area contributed by atoms with Gasteiger partial charge in [-0.1, -0.05) is 18.2 Å². The van der Waals surface area contributed by atoms with Crippen LogP contribution in [0.1, 0.15) is 25.8 Å². The minimum atomic E-state index is -0.728. The third-order valence-electron chi connectivity index (χ3n) is 4.37. The molecule has 1 atom stereocenters. The molecule has 1 aromatic heterocycles. The van der Waals surface area contributed by atoms with E-state index in [0.717, 1.165) is 37.3 Å². The maximum absolute atomic E-state index is 12.2. The number of hydrogen-bond donors (Lipinski definition) is 0. The second-order valence-electron chi connectivity index (χ2n) is 6.32. The number of pyridine rings is 1. The molecule has 0 N–H and O–H groups in total. The van der Waals surface area contributed by atoms with Crippen molar-refractivity contribution in [1.29, 1.82) is 0 Å². The molecule has 0 saturated carbocycles.